The van der Waals surface area contributed by atoms with Gasteiger partial charge in [-0.1, -0.05) is 146 Å². The summed E-state index contributed by atoms with van der Waals surface area (Å²) in [6, 6.07) is 20.9. The number of aliphatic hydroxyl groups is 1. The van der Waals surface area contributed by atoms with Gasteiger partial charge in [-0.15, -0.1) is 23.2 Å². The predicted octanol–water partition coefficient (Wildman–Crippen LogP) is 8.02. The lowest BCUT2D eigenvalue weighted by Crippen LogP contribution is -2.68. The van der Waals surface area contributed by atoms with Crippen LogP contribution >= 0.6 is 23.2 Å². The molecule has 0 aliphatic rings. The van der Waals surface area contributed by atoms with Crippen molar-refractivity contribution >= 4 is 41.9 Å². The number of hydrogen-bond acceptors (Lipinski definition) is 2. The molecule has 2 nitrogen and oxygen atoms in total. The van der Waals surface area contributed by atoms with Crippen molar-refractivity contribution in [3.05, 3.63) is 60.7 Å². The molecular formula is C30H46Cl2O2Si. The van der Waals surface area contributed by atoms with Gasteiger partial charge in [0.05, 0.1) is 6.61 Å². The second-order valence-corrected chi connectivity index (χ2v) is 16.3. The van der Waals surface area contributed by atoms with E-state index in [0.29, 0.717) is 6.42 Å². The van der Waals surface area contributed by atoms with Crippen LogP contribution in [0.2, 0.25) is 5.04 Å². The fourth-order valence-electron chi connectivity index (χ4n) is 4.98. The SMILES string of the molecule is CCCCCCCCCCC[C@](O)(CO[Si](c1ccccc1)(c1ccccc1)C(C)(C)C)C(Cl)Cl. The first-order chi connectivity index (χ1) is 16.7. The van der Waals surface area contributed by atoms with Crippen LogP contribution in [0.1, 0.15) is 91.9 Å². The molecule has 0 fully saturated rings. The highest BCUT2D eigenvalue weighted by Gasteiger charge is 2.51. The summed E-state index contributed by atoms with van der Waals surface area (Å²) in [4.78, 5) is -0.908. The molecule has 0 saturated carbocycles. The van der Waals surface area contributed by atoms with Crippen molar-refractivity contribution in [3.8, 4) is 0 Å². The van der Waals surface area contributed by atoms with E-state index < -0.39 is 18.8 Å². The third kappa shape index (κ3) is 8.61. The van der Waals surface area contributed by atoms with Crippen LogP contribution in [0.3, 0.4) is 0 Å². The number of benzene rings is 2. The van der Waals surface area contributed by atoms with Gasteiger partial charge < -0.3 is 9.53 Å². The average Bonchev–Trinajstić information content (AvgIpc) is 2.84. The smallest absolute Gasteiger partial charge is 0.261 e. The number of unbranched alkanes of at least 4 members (excludes halogenated alkanes) is 8. The first-order valence-electron chi connectivity index (χ1n) is 13.4. The van der Waals surface area contributed by atoms with Gasteiger partial charge in [0.2, 0.25) is 0 Å². The third-order valence-electron chi connectivity index (χ3n) is 7.07. The molecule has 2 aromatic carbocycles. The summed E-state index contributed by atoms with van der Waals surface area (Å²) in [5, 5.41) is 13.8. The van der Waals surface area contributed by atoms with Gasteiger partial charge in [0.25, 0.3) is 8.32 Å². The molecule has 196 valence electrons. The van der Waals surface area contributed by atoms with E-state index in [1.807, 2.05) is 12.1 Å². The van der Waals surface area contributed by atoms with Crippen LogP contribution in [-0.2, 0) is 4.43 Å². The molecule has 0 unspecified atom stereocenters. The molecule has 0 spiro atoms. The van der Waals surface area contributed by atoms with Gasteiger partial charge in [-0.05, 0) is 21.8 Å². The largest absolute Gasteiger partial charge is 0.404 e. The van der Waals surface area contributed by atoms with E-state index >= 15 is 0 Å². The average molecular weight is 538 g/mol. The van der Waals surface area contributed by atoms with Crippen molar-refractivity contribution in [1.82, 2.24) is 0 Å². The van der Waals surface area contributed by atoms with Crippen molar-refractivity contribution in [2.45, 2.75) is 107 Å². The summed E-state index contributed by atoms with van der Waals surface area (Å²) in [7, 11) is -2.76. The molecule has 0 aliphatic heterocycles. The minimum Gasteiger partial charge on any atom is -0.404 e. The molecule has 0 heterocycles. The van der Waals surface area contributed by atoms with Crippen LogP contribution in [0.15, 0.2) is 60.7 Å². The maximum Gasteiger partial charge on any atom is 0.261 e. The van der Waals surface area contributed by atoms with Crippen molar-refractivity contribution in [2.75, 3.05) is 6.61 Å². The van der Waals surface area contributed by atoms with Crippen molar-refractivity contribution < 1.29 is 9.53 Å². The Morgan fingerprint density at radius 1 is 0.743 bits per heavy atom. The molecular weight excluding hydrogens is 491 g/mol. The summed E-state index contributed by atoms with van der Waals surface area (Å²) in [5.74, 6) is 0. The molecule has 0 radical (unpaired) electrons. The van der Waals surface area contributed by atoms with Gasteiger partial charge in [-0.25, -0.2) is 0 Å². The Morgan fingerprint density at radius 3 is 1.57 bits per heavy atom. The van der Waals surface area contributed by atoms with Gasteiger partial charge >= 0.3 is 0 Å². The molecule has 0 amide bonds. The number of alkyl halides is 2. The summed E-state index contributed by atoms with van der Waals surface area (Å²) in [5.41, 5.74) is -1.28. The molecule has 5 heteroatoms. The van der Waals surface area contributed by atoms with Crippen molar-refractivity contribution in [2.24, 2.45) is 0 Å². The fraction of sp³-hybridized carbons (Fsp3) is 0.600. The first-order valence-corrected chi connectivity index (χ1v) is 16.2. The minimum atomic E-state index is -2.76. The van der Waals surface area contributed by atoms with Crippen molar-refractivity contribution in [1.29, 1.82) is 0 Å². The lowest BCUT2D eigenvalue weighted by molar-refractivity contribution is -0.00587. The molecule has 1 atom stereocenters. The zero-order valence-corrected chi connectivity index (χ0v) is 24.8. The summed E-state index contributed by atoms with van der Waals surface area (Å²) < 4.78 is 6.95. The van der Waals surface area contributed by atoms with Crippen LogP contribution in [0, 0.1) is 0 Å². The van der Waals surface area contributed by atoms with E-state index in [1.165, 1.54) is 55.3 Å². The molecule has 0 bridgehead atoms. The van der Waals surface area contributed by atoms with E-state index in [1.54, 1.807) is 0 Å². The third-order valence-corrected chi connectivity index (χ3v) is 12.9. The quantitative estimate of drug-likeness (QED) is 0.133. The molecule has 0 aliphatic carbocycles. The molecule has 2 aromatic rings. The number of halogens is 2. The molecule has 1 N–H and O–H groups in total. The van der Waals surface area contributed by atoms with Crippen LogP contribution in [0.5, 0.6) is 0 Å². The topological polar surface area (TPSA) is 29.5 Å². The Hall–Kier alpha value is -0.843. The highest BCUT2D eigenvalue weighted by Crippen LogP contribution is 2.38. The molecule has 0 aromatic heterocycles. The standard InChI is InChI=1S/C30H46Cl2O2Si/c1-5-6-7-8-9-10-11-12-19-24-30(33,28(31)32)25-34-35(29(2,3)4,26-20-15-13-16-21-26)27-22-17-14-18-23-27/h13-18,20-23,28,33H,5-12,19,24-25H2,1-4H3/t30-/m0/s1. The molecule has 35 heavy (non-hydrogen) atoms. The van der Waals surface area contributed by atoms with E-state index in [2.05, 4.69) is 76.2 Å². The summed E-state index contributed by atoms with van der Waals surface area (Å²) in [6.07, 6.45) is 11.6. The predicted molar refractivity (Wildman–Crippen MR) is 156 cm³/mol. The van der Waals surface area contributed by atoms with Gasteiger partial charge in [0, 0.05) is 0 Å². The van der Waals surface area contributed by atoms with Crippen LogP contribution in [0.25, 0.3) is 0 Å². The van der Waals surface area contributed by atoms with Gasteiger partial charge in [-0.3, -0.25) is 0 Å². The second kappa shape index (κ2) is 14.8. The van der Waals surface area contributed by atoms with Gasteiger partial charge in [0.1, 0.15) is 10.4 Å². The lowest BCUT2D eigenvalue weighted by Gasteiger charge is -2.45. The zero-order chi connectivity index (χ0) is 25.8. The molecule has 2 rings (SSSR count). The van der Waals surface area contributed by atoms with Crippen LogP contribution < -0.4 is 10.4 Å². The van der Waals surface area contributed by atoms with Crippen LogP contribution in [0.4, 0.5) is 0 Å². The monoisotopic (exact) mass is 536 g/mol. The molecule has 0 saturated heterocycles. The Labute approximate surface area is 225 Å². The highest BCUT2D eigenvalue weighted by atomic mass is 35.5. The fourth-order valence-corrected chi connectivity index (χ4v) is 9.95. The number of rotatable bonds is 16. The Balaban J connectivity index is 2.14. The van der Waals surface area contributed by atoms with E-state index in [9.17, 15) is 5.11 Å². The van der Waals surface area contributed by atoms with E-state index in [4.69, 9.17) is 27.6 Å². The van der Waals surface area contributed by atoms with E-state index in [0.717, 1.165) is 12.8 Å². The second-order valence-electron chi connectivity index (χ2n) is 10.9. The first kappa shape index (κ1) is 30.4. The Bertz CT molecular complexity index is 784. The van der Waals surface area contributed by atoms with E-state index in [-0.39, 0.29) is 11.6 Å². The van der Waals surface area contributed by atoms with Crippen molar-refractivity contribution in [3.63, 3.8) is 0 Å². The van der Waals surface area contributed by atoms with Gasteiger partial charge in [0.15, 0.2) is 0 Å². The zero-order valence-electron chi connectivity index (χ0n) is 22.2. The van der Waals surface area contributed by atoms with Crippen LogP contribution in [-0.4, -0.2) is 30.5 Å². The normalized spacial score (nSPS) is 14.3. The highest BCUT2D eigenvalue weighted by molar-refractivity contribution is 6.99. The lowest BCUT2D eigenvalue weighted by atomic mass is 9.98. The number of hydrogen-bond donors (Lipinski definition) is 1. The maximum atomic E-state index is 11.5. The Kier molecular flexibility index (Phi) is 12.8. The summed E-state index contributed by atoms with van der Waals surface area (Å²) >= 11 is 12.8. The Morgan fingerprint density at radius 2 is 1.17 bits per heavy atom. The maximum absolute atomic E-state index is 11.5. The minimum absolute atomic E-state index is 0.120. The van der Waals surface area contributed by atoms with Gasteiger partial charge in [-0.2, -0.15) is 0 Å². The summed E-state index contributed by atoms with van der Waals surface area (Å²) in [6.45, 7) is 9.07.